The second-order valence-corrected chi connectivity index (χ2v) is 31.7. The normalized spacial score (nSPS) is 12.3. The Morgan fingerprint density at radius 2 is 0.854 bits per heavy atom. The van der Waals surface area contributed by atoms with E-state index >= 15 is 0 Å². The third-order valence-electron chi connectivity index (χ3n) is 9.09. The number of unbranched alkanes of at least 4 members (excludes halogenated alkanes) is 18. The summed E-state index contributed by atoms with van der Waals surface area (Å²) in [7, 11) is 0. The Morgan fingerprint density at radius 3 is 1.27 bits per heavy atom. The second kappa shape index (κ2) is 19.4. The Kier molecular flexibility index (Phi) is 16.7. The summed E-state index contributed by atoms with van der Waals surface area (Å²) in [5.41, 5.74) is 3.41. The summed E-state index contributed by atoms with van der Waals surface area (Å²) in [6.45, 7) is 6.97. The molecule has 0 atom stereocenters. The van der Waals surface area contributed by atoms with Gasteiger partial charge in [0.15, 0.2) is 0 Å². The quantitative estimate of drug-likeness (QED) is 0.0681. The summed E-state index contributed by atoms with van der Waals surface area (Å²) in [6.07, 6.45) is 30.9. The molecule has 0 amide bonds. The van der Waals surface area contributed by atoms with Gasteiger partial charge in [-0.1, -0.05) is 52.4 Å². The number of aryl methyl sites for hydroxylation is 3. The van der Waals surface area contributed by atoms with E-state index in [0.29, 0.717) is 0 Å². The van der Waals surface area contributed by atoms with Gasteiger partial charge in [-0.15, -0.1) is 0 Å². The Balaban J connectivity index is 1.64. The van der Waals surface area contributed by atoms with E-state index in [1.807, 2.05) is 0 Å². The van der Waals surface area contributed by atoms with Crippen molar-refractivity contribution in [2.45, 2.75) is 177 Å². The van der Waals surface area contributed by atoms with E-state index in [1.54, 1.807) is 34.2 Å². The molecule has 0 N–H and O–H groups in total. The minimum atomic E-state index is -2.13. The molecule has 0 aliphatic carbocycles. The van der Waals surface area contributed by atoms with Crippen LogP contribution in [0.3, 0.4) is 0 Å². The maximum atomic E-state index is 2.69. The van der Waals surface area contributed by atoms with Crippen LogP contribution < -0.4 is 2.89 Å². The van der Waals surface area contributed by atoms with Crippen molar-refractivity contribution in [3.8, 4) is 0 Å². The molecule has 41 heavy (non-hydrogen) atoms. The Hall–Kier alpha value is -0.0613. The number of rotatable bonds is 23. The molecule has 0 saturated carbocycles. The molecule has 2 aromatic heterocycles. The molecule has 0 fully saturated rings. The maximum absolute atomic E-state index is 2.69. The fraction of sp³-hybridized carbons (Fsp3) is 0.737. The van der Waals surface area contributed by atoms with Gasteiger partial charge in [-0.05, 0) is 0 Å². The zero-order chi connectivity index (χ0) is 29.5. The molecule has 0 spiro atoms. The van der Waals surface area contributed by atoms with E-state index in [9.17, 15) is 0 Å². The number of fused-ring (bicyclic) bond motifs is 2. The molecule has 2 heterocycles. The van der Waals surface area contributed by atoms with Gasteiger partial charge in [-0.25, -0.2) is 0 Å². The standard InChI is InChI=1S/C35H55S2.3CH3.Sn/c1-4-6-8-10-12-14-16-18-20-22-24-30-32-26-27-36-34(32)31(33-28-29(3)37-35(30)33)25-23-21-19-17-15-13-11-9-7-5-2;;;;/h26,28H,4-25H2,1-3H3;3*1H3;. The van der Waals surface area contributed by atoms with Crippen LogP contribution in [0.5, 0.6) is 0 Å². The van der Waals surface area contributed by atoms with E-state index < -0.39 is 18.4 Å². The predicted molar refractivity (Wildman–Crippen MR) is 196 cm³/mol. The minimum absolute atomic E-state index is 1.28. The molecule has 0 aliphatic rings. The fourth-order valence-corrected chi connectivity index (χ4v) is 14.1. The molecule has 232 valence electrons. The zero-order valence-corrected chi connectivity index (χ0v) is 32.5. The van der Waals surface area contributed by atoms with E-state index in [2.05, 4.69) is 70.4 Å². The summed E-state index contributed by atoms with van der Waals surface area (Å²) in [4.78, 5) is 9.32. The molecule has 0 radical (unpaired) electrons. The third kappa shape index (κ3) is 11.8. The van der Waals surface area contributed by atoms with Crippen LogP contribution in [0.2, 0.25) is 14.8 Å². The van der Waals surface area contributed by atoms with E-state index in [1.165, 1.54) is 146 Å². The van der Waals surface area contributed by atoms with Gasteiger partial charge < -0.3 is 0 Å². The molecule has 3 aromatic rings. The molecule has 1 aromatic carbocycles. The molecule has 0 aliphatic heterocycles. The number of hydrogen-bond acceptors (Lipinski definition) is 2. The van der Waals surface area contributed by atoms with Gasteiger partial charge in [0.05, 0.1) is 0 Å². The number of hydrogen-bond donors (Lipinski definition) is 0. The fourth-order valence-electron chi connectivity index (χ4n) is 6.49. The van der Waals surface area contributed by atoms with Gasteiger partial charge in [0, 0.05) is 0 Å². The SMILES string of the molecule is CCCCCCCCCCCCc1c2c[c]([Sn]([CH3])([CH3])[CH3])sc2c(CCCCCCCCCCCC)c2cc(C)sc12. The molecule has 0 saturated heterocycles. The van der Waals surface area contributed by atoms with Gasteiger partial charge >= 0.3 is 217 Å². The Bertz CT molecular complexity index is 1050. The van der Waals surface area contributed by atoms with Crippen LogP contribution in [0.4, 0.5) is 0 Å². The van der Waals surface area contributed by atoms with Crippen LogP contribution in [0, 0.1) is 6.92 Å². The first-order valence-electron chi connectivity index (χ1n) is 17.8. The Labute approximate surface area is 267 Å². The van der Waals surface area contributed by atoms with Crippen LogP contribution in [0.25, 0.3) is 20.2 Å². The van der Waals surface area contributed by atoms with Gasteiger partial charge in [0.2, 0.25) is 0 Å². The summed E-state index contributed by atoms with van der Waals surface area (Å²) >= 11 is 2.16. The third-order valence-corrected chi connectivity index (χ3v) is 20.8. The number of thiophene rings is 2. The molecule has 3 heteroatoms. The Morgan fingerprint density at radius 1 is 0.488 bits per heavy atom. The molecule has 3 rings (SSSR count). The van der Waals surface area contributed by atoms with Crippen LogP contribution >= 0.6 is 22.7 Å². The summed E-state index contributed by atoms with van der Waals surface area (Å²) in [6, 6.07) is 5.24. The van der Waals surface area contributed by atoms with E-state index in [-0.39, 0.29) is 0 Å². The molecule has 0 unspecified atom stereocenters. The van der Waals surface area contributed by atoms with Crippen molar-refractivity contribution in [1.82, 2.24) is 0 Å². The first-order valence-corrected chi connectivity index (χ1v) is 29.5. The summed E-state index contributed by atoms with van der Waals surface area (Å²) in [5, 5.41) is 3.28. The van der Waals surface area contributed by atoms with Gasteiger partial charge in [-0.2, -0.15) is 0 Å². The average molecular weight is 704 g/mol. The molecular formula is C38H64S2Sn. The summed E-state index contributed by atoms with van der Waals surface area (Å²) in [5.74, 6) is 0. The van der Waals surface area contributed by atoms with E-state index in [0.717, 1.165) is 0 Å². The zero-order valence-electron chi connectivity index (χ0n) is 28.0. The van der Waals surface area contributed by atoms with Crippen molar-refractivity contribution in [2.24, 2.45) is 0 Å². The number of benzene rings is 1. The van der Waals surface area contributed by atoms with E-state index in [4.69, 9.17) is 0 Å². The van der Waals surface area contributed by atoms with Crippen molar-refractivity contribution in [3.63, 3.8) is 0 Å². The van der Waals surface area contributed by atoms with Crippen molar-refractivity contribution in [2.75, 3.05) is 0 Å². The molecular weight excluding hydrogens is 639 g/mol. The van der Waals surface area contributed by atoms with Gasteiger partial charge in [0.25, 0.3) is 0 Å². The van der Waals surface area contributed by atoms with Crippen molar-refractivity contribution in [1.29, 1.82) is 0 Å². The predicted octanol–water partition coefficient (Wildman–Crippen LogP) is 13.9. The molecule has 0 bridgehead atoms. The first-order chi connectivity index (χ1) is 19.9. The first kappa shape index (κ1) is 35.4. The van der Waals surface area contributed by atoms with Crippen molar-refractivity contribution < 1.29 is 0 Å². The van der Waals surface area contributed by atoms with Crippen molar-refractivity contribution >= 4 is 64.1 Å². The van der Waals surface area contributed by atoms with Crippen LogP contribution in [-0.4, -0.2) is 18.4 Å². The van der Waals surface area contributed by atoms with Crippen LogP contribution in [-0.2, 0) is 12.8 Å². The van der Waals surface area contributed by atoms with Gasteiger partial charge in [0.1, 0.15) is 0 Å². The van der Waals surface area contributed by atoms with Crippen LogP contribution in [0.1, 0.15) is 158 Å². The molecule has 0 nitrogen and oxygen atoms in total. The summed E-state index contributed by atoms with van der Waals surface area (Å²) < 4.78 is 5.09. The topological polar surface area (TPSA) is 0 Å². The van der Waals surface area contributed by atoms with Crippen LogP contribution in [0.15, 0.2) is 12.1 Å². The second-order valence-electron chi connectivity index (χ2n) is 14.0. The monoisotopic (exact) mass is 704 g/mol. The average Bonchev–Trinajstić information content (AvgIpc) is 3.55. The van der Waals surface area contributed by atoms with Crippen molar-refractivity contribution in [3.05, 3.63) is 28.1 Å². The van der Waals surface area contributed by atoms with Gasteiger partial charge in [-0.3, -0.25) is 0 Å².